The minimum absolute atomic E-state index is 0.324. The molecule has 2 rings (SSSR count). The Kier molecular flexibility index (Phi) is 2.20. The molecule has 2 fully saturated rings. The first-order valence-corrected chi connectivity index (χ1v) is 5.75. The Hall–Kier alpha value is -0.0800. The van der Waals surface area contributed by atoms with E-state index >= 15 is 0 Å². The zero-order chi connectivity index (χ0) is 10.4. The summed E-state index contributed by atoms with van der Waals surface area (Å²) in [5, 5.41) is 0. The minimum atomic E-state index is 0.324. The molecule has 0 bridgehead atoms. The van der Waals surface area contributed by atoms with Crippen LogP contribution < -0.4 is 5.73 Å². The van der Waals surface area contributed by atoms with Crippen LogP contribution in [0.1, 0.15) is 40.0 Å². The predicted octanol–water partition coefficient (Wildman–Crippen LogP) is 2.18. The van der Waals surface area contributed by atoms with Crippen molar-refractivity contribution in [2.75, 3.05) is 19.8 Å². The quantitative estimate of drug-likeness (QED) is 0.736. The van der Waals surface area contributed by atoms with Crippen molar-refractivity contribution in [3.8, 4) is 0 Å². The number of hydrogen-bond acceptors (Lipinski definition) is 2. The van der Waals surface area contributed by atoms with E-state index in [1.54, 1.807) is 0 Å². The summed E-state index contributed by atoms with van der Waals surface area (Å²) in [6.45, 7) is 9.71. The predicted molar refractivity (Wildman–Crippen MR) is 58.0 cm³/mol. The van der Waals surface area contributed by atoms with E-state index in [2.05, 4.69) is 20.8 Å². The molecule has 1 saturated carbocycles. The van der Waals surface area contributed by atoms with Crippen LogP contribution in [0.2, 0.25) is 0 Å². The monoisotopic (exact) mass is 197 g/mol. The van der Waals surface area contributed by atoms with E-state index in [9.17, 15) is 0 Å². The molecule has 1 saturated heterocycles. The lowest BCUT2D eigenvalue weighted by molar-refractivity contribution is -0.257. The van der Waals surface area contributed by atoms with E-state index in [0.29, 0.717) is 16.2 Å². The Bertz CT molecular complexity index is 215. The number of nitrogens with two attached hydrogens (primary N) is 1. The molecule has 2 nitrogen and oxygen atoms in total. The van der Waals surface area contributed by atoms with Gasteiger partial charge in [0.2, 0.25) is 0 Å². The molecule has 0 atom stereocenters. The van der Waals surface area contributed by atoms with Gasteiger partial charge in [0.25, 0.3) is 0 Å². The molecular weight excluding hydrogens is 174 g/mol. The minimum Gasteiger partial charge on any atom is -0.380 e. The molecule has 2 N–H and O–H groups in total. The molecule has 0 unspecified atom stereocenters. The fourth-order valence-corrected chi connectivity index (χ4v) is 3.32. The summed E-state index contributed by atoms with van der Waals surface area (Å²) in [6.07, 6.45) is 3.98. The Morgan fingerprint density at radius 2 is 1.79 bits per heavy atom. The standard InChI is InChI=1S/C12H23NO/c1-10(2,3)12(8-14-9-12)11(7-13)5-4-6-11/h4-9,13H2,1-3H3. The first-order valence-electron chi connectivity index (χ1n) is 5.75. The van der Waals surface area contributed by atoms with Crippen LogP contribution >= 0.6 is 0 Å². The van der Waals surface area contributed by atoms with Gasteiger partial charge < -0.3 is 10.5 Å². The maximum atomic E-state index is 6.01. The lowest BCUT2D eigenvalue weighted by atomic mass is 9.44. The third-order valence-electron chi connectivity index (χ3n) is 4.85. The van der Waals surface area contributed by atoms with Crippen molar-refractivity contribution in [1.82, 2.24) is 0 Å². The van der Waals surface area contributed by atoms with Crippen LogP contribution in [0.25, 0.3) is 0 Å². The molecule has 2 aliphatic rings. The second kappa shape index (κ2) is 2.96. The average molecular weight is 197 g/mol. The smallest absolute Gasteiger partial charge is 0.0555 e. The average Bonchev–Trinajstić information content (AvgIpc) is 1.89. The summed E-state index contributed by atoms with van der Waals surface area (Å²) >= 11 is 0. The summed E-state index contributed by atoms with van der Waals surface area (Å²) in [5.74, 6) is 0. The van der Waals surface area contributed by atoms with Crippen LogP contribution in [0.3, 0.4) is 0 Å². The van der Waals surface area contributed by atoms with Gasteiger partial charge in [0.15, 0.2) is 0 Å². The van der Waals surface area contributed by atoms with E-state index in [0.717, 1.165) is 19.8 Å². The summed E-state index contributed by atoms with van der Waals surface area (Å²) < 4.78 is 5.49. The van der Waals surface area contributed by atoms with E-state index < -0.39 is 0 Å². The number of hydrogen-bond donors (Lipinski definition) is 1. The van der Waals surface area contributed by atoms with Gasteiger partial charge in [-0.05, 0) is 30.2 Å². The van der Waals surface area contributed by atoms with Crippen molar-refractivity contribution in [1.29, 1.82) is 0 Å². The van der Waals surface area contributed by atoms with Gasteiger partial charge in [-0.15, -0.1) is 0 Å². The van der Waals surface area contributed by atoms with Gasteiger partial charge in [-0.2, -0.15) is 0 Å². The Morgan fingerprint density at radius 3 is 1.86 bits per heavy atom. The van der Waals surface area contributed by atoms with Gasteiger partial charge >= 0.3 is 0 Å². The van der Waals surface area contributed by atoms with Crippen molar-refractivity contribution in [3.63, 3.8) is 0 Å². The third kappa shape index (κ3) is 1.04. The van der Waals surface area contributed by atoms with Gasteiger partial charge in [0, 0.05) is 5.41 Å². The molecule has 0 aromatic carbocycles. The molecule has 14 heavy (non-hydrogen) atoms. The third-order valence-corrected chi connectivity index (χ3v) is 4.85. The molecular formula is C12H23NO. The molecule has 1 aliphatic carbocycles. The molecule has 0 radical (unpaired) electrons. The van der Waals surface area contributed by atoms with Crippen LogP contribution in [-0.2, 0) is 4.74 Å². The largest absolute Gasteiger partial charge is 0.380 e. The molecule has 0 aromatic rings. The first kappa shape index (κ1) is 10.4. The van der Waals surface area contributed by atoms with Crippen LogP contribution in [0, 0.1) is 16.2 Å². The summed E-state index contributed by atoms with van der Waals surface area (Å²) in [4.78, 5) is 0. The first-order chi connectivity index (χ1) is 6.47. The van der Waals surface area contributed by atoms with Crippen LogP contribution in [0.5, 0.6) is 0 Å². The van der Waals surface area contributed by atoms with Gasteiger partial charge in [-0.3, -0.25) is 0 Å². The molecule has 0 spiro atoms. The molecule has 2 heteroatoms. The highest BCUT2D eigenvalue weighted by Gasteiger charge is 2.62. The highest BCUT2D eigenvalue weighted by Crippen LogP contribution is 2.63. The lowest BCUT2D eigenvalue weighted by Gasteiger charge is -2.65. The lowest BCUT2D eigenvalue weighted by Crippen LogP contribution is -2.66. The van der Waals surface area contributed by atoms with Crippen molar-refractivity contribution in [3.05, 3.63) is 0 Å². The van der Waals surface area contributed by atoms with Gasteiger partial charge in [-0.1, -0.05) is 27.2 Å². The van der Waals surface area contributed by atoms with Crippen molar-refractivity contribution < 1.29 is 4.74 Å². The summed E-state index contributed by atoms with van der Waals surface area (Å²) in [5.41, 5.74) is 7.08. The SMILES string of the molecule is CC(C)(C)C1(C2(CN)CCC2)COC1. The molecule has 0 amide bonds. The zero-order valence-electron chi connectivity index (χ0n) is 9.73. The van der Waals surface area contributed by atoms with Crippen molar-refractivity contribution in [2.45, 2.75) is 40.0 Å². The molecule has 1 heterocycles. The van der Waals surface area contributed by atoms with E-state index in [1.807, 2.05) is 0 Å². The second-order valence-corrected chi connectivity index (χ2v) is 6.16. The summed E-state index contributed by atoms with van der Waals surface area (Å²) in [7, 11) is 0. The van der Waals surface area contributed by atoms with Crippen LogP contribution in [-0.4, -0.2) is 19.8 Å². The van der Waals surface area contributed by atoms with Gasteiger partial charge in [0.1, 0.15) is 0 Å². The maximum Gasteiger partial charge on any atom is 0.0555 e. The second-order valence-electron chi connectivity index (χ2n) is 6.16. The maximum absolute atomic E-state index is 6.01. The van der Waals surface area contributed by atoms with E-state index in [1.165, 1.54) is 19.3 Å². The topological polar surface area (TPSA) is 35.2 Å². The fourth-order valence-electron chi connectivity index (χ4n) is 3.32. The normalized spacial score (nSPS) is 29.1. The van der Waals surface area contributed by atoms with Gasteiger partial charge in [-0.25, -0.2) is 0 Å². The zero-order valence-corrected chi connectivity index (χ0v) is 9.73. The van der Waals surface area contributed by atoms with E-state index in [4.69, 9.17) is 10.5 Å². The molecule has 1 aliphatic heterocycles. The molecule has 82 valence electrons. The number of ether oxygens (including phenoxy) is 1. The highest BCUT2D eigenvalue weighted by atomic mass is 16.5. The fraction of sp³-hybridized carbons (Fsp3) is 1.00. The van der Waals surface area contributed by atoms with Crippen LogP contribution in [0.4, 0.5) is 0 Å². The Morgan fingerprint density at radius 1 is 1.21 bits per heavy atom. The van der Waals surface area contributed by atoms with Crippen LogP contribution in [0.15, 0.2) is 0 Å². The highest BCUT2D eigenvalue weighted by molar-refractivity contribution is 5.11. The van der Waals surface area contributed by atoms with Crippen molar-refractivity contribution >= 4 is 0 Å². The summed E-state index contributed by atoms with van der Waals surface area (Å²) in [6, 6.07) is 0. The molecule has 0 aromatic heterocycles. The van der Waals surface area contributed by atoms with Crippen molar-refractivity contribution in [2.24, 2.45) is 22.0 Å². The number of rotatable bonds is 2. The Labute approximate surface area is 87.2 Å². The Balaban J connectivity index is 2.27. The van der Waals surface area contributed by atoms with Gasteiger partial charge in [0.05, 0.1) is 13.2 Å². The van der Waals surface area contributed by atoms with E-state index in [-0.39, 0.29) is 0 Å².